The van der Waals surface area contributed by atoms with Crippen LogP contribution in [0.3, 0.4) is 0 Å². The summed E-state index contributed by atoms with van der Waals surface area (Å²) in [5, 5.41) is 0. The van der Waals surface area contributed by atoms with Crippen LogP contribution in [0.4, 0.5) is 39.5 Å². The lowest BCUT2D eigenvalue weighted by Gasteiger charge is -2.20. The first-order chi connectivity index (χ1) is 22.9. The van der Waals surface area contributed by atoms with Gasteiger partial charge in [0, 0.05) is 17.7 Å². The van der Waals surface area contributed by atoms with Crippen molar-refractivity contribution in [3.05, 3.63) is 148 Å². The third kappa shape index (κ3) is 7.86. The smallest absolute Gasteiger partial charge is 0.429 e. The Morgan fingerprint density at radius 3 is 1.73 bits per heavy atom. The van der Waals surface area contributed by atoms with Gasteiger partial charge in [-0.05, 0) is 83.3 Å². The van der Waals surface area contributed by atoms with Gasteiger partial charge in [0.15, 0.2) is 17.5 Å². The fourth-order valence-corrected chi connectivity index (χ4v) is 5.41. The highest BCUT2D eigenvalue weighted by Gasteiger charge is 2.41. The van der Waals surface area contributed by atoms with Gasteiger partial charge in [0.1, 0.15) is 34.6 Å². The molecule has 0 unspecified atom stereocenters. The van der Waals surface area contributed by atoms with Gasteiger partial charge in [-0.1, -0.05) is 68.3 Å². The number of benzene rings is 5. The molecular weight excluding hydrogens is 643 g/mol. The van der Waals surface area contributed by atoms with Crippen molar-refractivity contribution in [3.63, 3.8) is 0 Å². The summed E-state index contributed by atoms with van der Waals surface area (Å²) in [6.45, 7) is 2.14. The second kappa shape index (κ2) is 14.6. The van der Waals surface area contributed by atoms with Crippen LogP contribution in [0.15, 0.2) is 84.9 Å². The minimum atomic E-state index is -4.72. The van der Waals surface area contributed by atoms with Crippen LogP contribution in [0, 0.1) is 40.7 Å². The Labute approximate surface area is 271 Å². The van der Waals surface area contributed by atoms with Crippen LogP contribution in [0.5, 0.6) is 5.75 Å². The molecule has 0 fully saturated rings. The summed E-state index contributed by atoms with van der Waals surface area (Å²) in [6.07, 6.45) is -0.595. The number of rotatable bonds is 12. The molecule has 0 aromatic heterocycles. The van der Waals surface area contributed by atoms with Crippen molar-refractivity contribution in [3.8, 4) is 28.0 Å². The molecule has 5 aromatic rings. The van der Waals surface area contributed by atoms with Crippen molar-refractivity contribution in [1.29, 1.82) is 0 Å². The fraction of sp³-hybridized carbons (Fsp3) is 0.211. The Balaban J connectivity index is 1.26. The SMILES string of the molecule is CCCCCc1ccc(-c2ccc(-c3ccc(CCc4cc(F)c(C(F)(F)Oc5cc(F)c(F)c(F)c5)c(F)c4)c(F)c3)c(F)c2)cc1. The predicted molar refractivity (Wildman–Crippen MR) is 165 cm³/mol. The average molecular weight is 673 g/mol. The van der Waals surface area contributed by atoms with Gasteiger partial charge in [-0.2, -0.15) is 8.78 Å². The summed E-state index contributed by atoms with van der Waals surface area (Å²) < 4.78 is 133. The maximum absolute atomic E-state index is 15.2. The number of hydrogen-bond donors (Lipinski definition) is 0. The first-order valence-electron chi connectivity index (χ1n) is 15.2. The zero-order chi connectivity index (χ0) is 34.6. The minimum absolute atomic E-state index is 0.0821. The molecule has 10 heteroatoms. The summed E-state index contributed by atoms with van der Waals surface area (Å²) >= 11 is 0. The van der Waals surface area contributed by atoms with Crippen molar-refractivity contribution in [2.75, 3.05) is 0 Å². The Kier molecular flexibility index (Phi) is 10.5. The van der Waals surface area contributed by atoms with E-state index in [0.717, 1.165) is 37.3 Å². The van der Waals surface area contributed by atoms with Crippen molar-refractivity contribution in [2.45, 2.75) is 51.6 Å². The molecule has 48 heavy (non-hydrogen) atoms. The molecule has 0 radical (unpaired) electrons. The summed E-state index contributed by atoms with van der Waals surface area (Å²) in [4.78, 5) is 0. The van der Waals surface area contributed by atoms with E-state index in [9.17, 15) is 30.7 Å². The molecule has 0 N–H and O–H groups in total. The van der Waals surface area contributed by atoms with Crippen LogP contribution in [0.25, 0.3) is 22.3 Å². The van der Waals surface area contributed by atoms with Crippen LogP contribution in [-0.2, 0) is 25.4 Å². The molecule has 5 rings (SSSR count). The molecule has 0 atom stereocenters. The van der Waals surface area contributed by atoms with Crippen molar-refractivity contribution in [1.82, 2.24) is 0 Å². The van der Waals surface area contributed by atoms with Crippen LogP contribution in [0.2, 0.25) is 0 Å². The van der Waals surface area contributed by atoms with Crippen LogP contribution in [-0.4, -0.2) is 0 Å². The Hall–Kier alpha value is -4.73. The maximum Gasteiger partial charge on any atom is 0.432 e. The second-order valence-electron chi connectivity index (χ2n) is 11.4. The highest BCUT2D eigenvalue weighted by molar-refractivity contribution is 5.71. The number of halogens is 9. The van der Waals surface area contributed by atoms with Gasteiger partial charge in [0.2, 0.25) is 0 Å². The lowest BCUT2D eigenvalue weighted by atomic mass is 9.96. The standard InChI is InChI=1S/C38H29F9O/c1-2-3-4-5-22-6-9-24(10-7-22)26-14-15-29(31(40)18-26)27-13-12-25(30(39)19-27)11-8-23-16-32(41)36(33(42)17-23)38(46,47)48-28-20-34(43)37(45)35(44)21-28/h6-7,9-10,12-21H,2-5,8,11H2,1H3. The van der Waals surface area contributed by atoms with Gasteiger partial charge >= 0.3 is 6.11 Å². The van der Waals surface area contributed by atoms with Crippen molar-refractivity contribution in [2.24, 2.45) is 0 Å². The van der Waals surface area contributed by atoms with Crippen LogP contribution < -0.4 is 4.74 Å². The molecule has 0 saturated heterocycles. The van der Waals surface area contributed by atoms with E-state index >= 15 is 8.78 Å². The molecule has 250 valence electrons. The molecule has 0 amide bonds. The molecule has 0 heterocycles. The number of aryl methyl sites for hydroxylation is 3. The fourth-order valence-electron chi connectivity index (χ4n) is 5.41. The van der Waals surface area contributed by atoms with Crippen molar-refractivity contribution >= 4 is 0 Å². The van der Waals surface area contributed by atoms with E-state index < -0.39 is 58.1 Å². The third-order valence-corrected chi connectivity index (χ3v) is 7.97. The summed E-state index contributed by atoms with van der Waals surface area (Å²) in [5.74, 6) is -11.5. The van der Waals surface area contributed by atoms with Gasteiger partial charge in [-0.15, -0.1) is 0 Å². The van der Waals surface area contributed by atoms with Crippen LogP contribution >= 0.6 is 0 Å². The Morgan fingerprint density at radius 1 is 0.521 bits per heavy atom. The Bertz CT molecular complexity index is 1870. The lowest BCUT2D eigenvalue weighted by molar-refractivity contribution is -0.189. The zero-order valence-corrected chi connectivity index (χ0v) is 25.6. The zero-order valence-electron chi connectivity index (χ0n) is 25.6. The topological polar surface area (TPSA) is 9.23 Å². The quantitative estimate of drug-likeness (QED) is 0.0728. The minimum Gasteiger partial charge on any atom is -0.429 e. The number of hydrogen-bond acceptors (Lipinski definition) is 1. The second-order valence-corrected chi connectivity index (χ2v) is 11.4. The largest absolute Gasteiger partial charge is 0.432 e. The third-order valence-electron chi connectivity index (χ3n) is 7.97. The average Bonchev–Trinajstić information content (AvgIpc) is 3.03. The van der Waals surface area contributed by atoms with E-state index in [0.29, 0.717) is 17.7 Å². The van der Waals surface area contributed by atoms with E-state index in [1.807, 2.05) is 24.3 Å². The summed E-state index contributed by atoms with van der Waals surface area (Å²) in [6, 6.07) is 18.1. The molecule has 0 aliphatic heterocycles. The van der Waals surface area contributed by atoms with E-state index in [1.54, 1.807) is 12.1 Å². The van der Waals surface area contributed by atoms with Gasteiger partial charge < -0.3 is 4.74 Å². The van der Waals surface area contributed by atoms with E-state index in [1.165, 1.54) is 23.8 Å². The Morgan fingerprint density at radius 2 is 1.12 bits per heavy atom. The highest BCUT2D eigenvalue weighted by atomic mass is 19.3. The van der Waals surface area contributed by atoms with Gasteiger partial charge in [0.25, 0.3) is 0 Å². The molecule has 0 saturated carbocycles. The van der Waals surface area contributed by atoms with Crippen molar-refractivity contribution < 1.29 is 44.3 Å². The summed E-state index contributed by atoms with van der Waals surface area (Å²) in [7, 11) is 0. The monoisotopic (exact) mass is 672 g/mol. The van der Waals surface area contributed by atoms with E-state index in [4.69, 9.17) is 0 Å². The number of alkyl halides is 2. The van der Waals surface area contributed by atoms with Gasteiger partial charge in [-0.3, -0.25) is 0 Å². The first-order valence-corrected chi connectivity index (χ1v) is 15.2. The predicted octanol–water partition coefficient (Wildman–Crippen LogP) is 11.6. The highest BCUT2D eigenvalue weighted by Crippen LogP contribution is 2.37. The maximum atomic E-state index is 15.2. The lowest BCUT2D eigenvalue weighted by Crippen LogP contribution is -2.25. The molecule has 0 bridgehead atoms. The first kappa shape index (κ1) is 34.6. The normalized spacial score (nSPS) is 11.6. The number of unbranched alkanes of at least 4 members (excludes halogenated alkanes) is 2. The van der Waals surface area contributed by atoms with E-state index in [2.05, 4.69) is 11.7 Å². The molecule has 0 aliphatic carbocycles. The molecule has 0 spiro atoms. The van der Waals surface area contributed by atoms with Gasteiger partial charge in [-0.25, -0.2) is 30.7 Å². The summed E-state index contributed by atoms with van der Waals surface area (Å²) in [5.41, 5.74) is 1.37. The van der Waals surface area contributed by atoms with Gasteiger partial charge in [0.05, 0.1) is 0 Å². The molecule has 5 aromatic carbocycles. The molecule has 1 nitrogen and oxygen atoms in total. The molecular formula is C38H29F9O. The number of ether oxygens (including phenoxy) is 1. The van der Waals surface area contributed by atoms with E-state index in [-0.39, 0.29) is 47.2 Å². The van der Waals surface area contributed by atoms with Crippen LogP contribution in [0.1, 0.15) is 48.4 Å². The molecule has 0 aliphatic rings.